The van der Waals surface area contributed by atoms with E-state index in [-0.39, 0.29) is 24.4 Å². The van der Waals surface area contributed by atoms with Crippen LogP contribution in [0.25, 0.3) is 0 Å². The van der Waals surface area contributed by atoms with Gasteiger partial charge in [0.25, 0.3) is 5.91 Å². The average Bonchev–Trinajstić information content (AvgIpc) is 2.96. The Balaban J connectivity index is 1.77. The molecule has 7 heteroatoms. The van der Waals surface area contributed by atoms with E-state index in [1.807, 2.05) is 19.9 Å². The highest BCUT2D eigenvalue weighted by atomic mass is 32.1. The predicted octanol–water partition coefficient (Wildman–Crippen LogP) is 3.71. The van der Waals surface area contributed by atoms with Crippen LogP contribution in [-0.4, -0.2) is 30.0 Å². The zero-order valence-electron chi connectivity index (χ0n) is 15.5. The highest BCUT2D eigenvalue weighted by molar-refractivity contribution is 7.12. The van der Waals surface area contributed by atoms with Gasteiger partial charge in [-0.1, -0.05) is 12.1 Å². The molecule has 0 aliphatic heterocycles. The van der Waals surface area contributed by atoms with Crippen LogP contribution in [0.2, 0.25) is 0 Å². The van der Waals surface area contributed by atoms with Crippen LogP contribution in [0, 0.1) is 13.8 Å². The fraction of sp³-hybridized carbons (Fsp3) is 0.300. The van der Waals surface area contributed by atoms with Gasteiger partial charge in [-0.2, -0.15) is 0 Å². The molecular formula is C20H21NO5S. The van der Waals surface area contributed by atoms with Gasteiger partial charge in [0.1, 0.15) is 0 Å². The van der Waals surface area contributed by atoms with Gasteiger partial charge >= 0.3 is 5.97 Å². The summed E-state index contributed by atoms with van der Waals surface area (Å²) in [7, 11) is 0. The average molecular weight is 387 g/mol. The van der Waals surface area contributed by atoms with E-state index in [2.05, 4.69) is 5.32 Å². The van der Waals surface area contributed by atoms with Crippen LogP contribution < -0.4 is 5.32 Å². The summed E-state index contributed by atoms with van der Waals surface area (Å²) in [6, 6.07) is 8.29. The molecule has 0 fully saturated rings. The van der Waals surface area contributed by atoms with Crippen molar-refractivity contribution in [1.82, 2.24) is 0 Å². The third-order valence-corrected chi connectivity index (χ3v) is 4.78. The lowest BCUT2D eigenvalue weighted by Crippen LogP contribution is -2.21. The molecule has 0 spiro atoms. The van der Waals surface area contributed by atoms with E-state index >= 15 is 0 Å². The standard InChI is InChI=1S/C20H21NO5S/c1-12-9-17(14(3)27-12)18(23)7-8-20(25)26-11-19(24)21-16-6-4-5-15(10-16)13(2)22/h4-6,9-10H,7-8,11H2,1-3H3,(H,21,24). The van der Waals surface area contributed by atoms with Crippen LogP contribution in [0.1, 0.15) is 50.2 Å². The van der Waals surface area contributed by atoms with Gasteiger partial charge in [-0.3, -0.25) is 19.2 Å². The number of ketones is 2. The Labute approximate surface area is 161 Å². The van der Waals surface area contributed by atoms with Gasteiger partial charge in [-0.15, -0.1) is 11.3 Å². The van der Waals surface area contributed by atoms with Crippen molar-refractivity contribution in [2.24, 2.45) is 0 Å². The van der Waals surface area contributed by atoms with E-state index in [4.69, 9.17) is 4.74 Å². The smallest absolute Gasteiger partial charge is 0.306 e. The van der Waals surface area contributed by atoms with Gasteiger partial charge in [-0.25, -0.2) is 0 Å². The number of benzene rings is 1. The minimum Gasteiger partial charge on any atom is -0.456 e. The maximum absolute atomic E-state index is 12.1. The molecule has 1 N–H and O–H groups in total. The summed E-state index contributed by atoms with van der Waals surface area (Å²) in [5.41, 5.74) is 1.55. The van der Waals surface area contributed by atoms with Gasteiger partial charge in [-0.05, 0) is 39.0 Å². The van der Waals surface area contributed by atoms with Gasteiger partial charge in [0.2, 0.25) is 0 Å². The molecule has 6 nitrogen and oxygen atoms in total. The second-order valence-electron chi connectivity index (χ2n) is 6.10. The number of hydrogen-bond acceptors (Lipinski definition) is 6. The van der Waals surface area contributed by atoms with Gasteiger partial charge < -0.3 is 10.1 Å². The van der Waals surface area contributed by atoms with Crippen LogP contribution in [0.3, 0.4) is 0 Å². The highest BCUT2D eigenvalue weighted by Crippen LogP contribution is 2.22. The van der Waals surface area contributed by atoms with Gasteiger partial charge in [0.05, 0.1) is 6.42 Å². The Bertz CT molecular complexity index is 884. The molecule has 1 amide bonds. The molecule has 0 saturated heterocycles. The topological polar surface area (TPSA) is 89.5 Å². The summed E-state index contributed by atoms with van der Waals surface area (Å²) >= 11 is 1.54. The lowest BCUT2D eigenvalue weighted by molar-refractivity contribution is -0.147. The number of amides is 1. The zero-order valence-corrected chi connectivity index (χ0v) is 16.3. The summed E-state index contributed by atoms with van der Waals surface area (Å²) in [4.78, 5) is 49.1. The van der Waals surface area contributed by atoms with Crippen molar-refractivity contribution in [3.8, 4) is 0 Å². The number of carbonyl (C=O) groups is 4. The molecule has 0 atom stereocenters. The lowest BCUT2D eigenvalue weighted by Gasteiger charge is -2.07. The van der Waals surface area contributed by atoms with E-state index in [0.717, 1.165) is 9.75 Å². The van der Waals surface area contributed by atoms with E-state index in [1.165, 1.54) is 18.3 Å². The van der Waals surface area contributed by atoms with E-state index in [9.17, 15) is 19.2 Å². The number of Topliss-reactive ketones (excluding diaryl/α,β-unsaturated/α-hetero) is 2. The molecule has 1 heterocycles. The van der Waals surface area contributed by atoms with Crippen molar-refractivity contribution in [1.29, 1.82) is 0 Å². The molecule has 0 aliphatic rings. The molecule has 2 aromatic rings. The number of esters is 1. The largest absolute Gasteiger partial charge is 0.456 e. The Morgan fingerprint density at radius 3 is 2.44 bits per heavy atom. The summed E-state index contributed by atoms with van der Waals surface area (Å²) < 4.78 is 4.91. The van der Waals surface area contributed by atoms with Crippen LogP contribution in [0.15, 0.2) is 30.3 Å². The number of carbonyl (C=O) groups excluding carboxylic acids is 4. The number of rotatable bonds is 8. The Morgan fingerprint density at radius 1 is 1.07 bits per heavy atom. The molecule has 2 rings (SSSR count). The molecule has 0 radical (unpaired) electrons. The first-order valence-electron chi connectivity index (χ1n) is 8.43. The van der Waals surface area contributed by atoms with Crippen LogP contribution in [-0.2, 0) is 14.3 Å². The summed E-state index contributed by atoms with van der Waals surface area (Å²) in [6.45, 7) is 4.78. The first-order chi connectivity index (χ1) is 12.8. The predicted molar refractivity (Wildman–Crippen MR) is 103 cm³/mol. The fourth-order valence-electron chi connectivity index (χ4n) is 2.49. The number of hydrogen-bond donors (Lipinski definition) is 1. The monoisotopic (exact) mass is 387 g/mol. The molecule has 0 aliphatic carbocycles. The molecule has 142 valence electrons. The normalized spacial score (nSPS) is 10.3. The van der Waals surface area contributed by atoms with Crippen LogP contribution >= 0.6 is 11.3 Å². The molecular weight excluding hydrogens is 366 g/mol. The third-order valence-electron chi connectivity index (χ3n) is 3.81. The summed E-state index contributed by atoms with van der Waals surface area (Å²) in [5, 5.41) is 2.56. The first-order valence-corrected chi connectivity index (χ1v) is 9.24. The lowest BCUT2D eigenvalue weighted by atomic mass is 10.1. The van der Waals surface area contributed by atoms with Gasteiger partial charge in [0, 0.05) is 33.0 Å². The first kappa shape index (κ1) is 20.5. The number of aryl methyl sites for hydroxylation is 2. The van der Waals surface area contributed by atoms with E-state index < -0.39 is 18.5 Å². The fourth-order valence-corrected chi connectivity index (χ4v) is 3.43. The Morgan fingerprint density at radius 2 is 1.81 bits per heavy atom. The second-order valence-corrected chi connectivity index (χ2v) is 7.56. The van der Waals surface area contributed by atoms with Crippen molar-refractivity contribution in [3.63, 3.8) is 0 Å². The molecule has 1 aromatic carbocycles. The van der Waals surface area contributed by atoms with Crippen molar-refractivity contribution < 1.29 is 23.9 Å². The summed E-state index contributed by atoms with van der Waals surface area (Å²) in [5.74, 6) is -1.35. The van der Waals surface area contributed by atoms with Crippen molar-refractivity contribution in [2.75, 3.05) is 11.9 Å². The van der Waals surface area contributed by atoms with Crippen LogP contribution in [0.4, 0.5) is 5.69 Å². The molecule has 1 aromatic heterocycles. The van der Waals surface area contributed by atoms with Crippen molar-refractivity contribution in [3.05, 3.63) is 51.2 Å². The number of ether oxygens (including phenoxy) is 1. The molecule has 27 heavy (non-hydrogen) atoms. The Kier molecular flexibility index (Phi) is 7.01. The maximum atomic E-state index is 12.1. The van der Waals surface area contributed by atoms with E-state index in [1.54, 1.807) is 24.3 Å². The number of nitrogens with one attached hydrogen (secondary N) is 1. The van der Waals surface area contributed by atoms with Crippen molar-refractivity contribution in [2.45, 2.75) is 33.6 Å². The van der Waals surface area contributed by atoms with Gasteiger partial charge in [0.15, 0.2) is 18.2 Å². The summed E-state index contributed by atoms with van der Waals surface area (Å²) in [6.07, 6.45) is -0.0433. The maximum Gasteiger partial charge on any atom is 0.306 e. The second kappa shape index (κ2) is 9.23. The van der Waals surface area contributed by atoms with Crippen LogP contribution in [0.5, 0.6) is 0 Å². The minimum atomic E-state index is -0.611. The van der Waals surface area contributed by atoms with Crippen molar-refractivity contribution >= 4 is 40.5 Å². The number of anilines is 1. The third kappa shape index (κ3) is 6.14. The molecule has 0 saturated carbocycles. The SMILES string of the molecule is CC(=O)c1cccc(NC(=O)COC(=O)CCC(=O)c2cc(C)sc2C)c1. The molecule has 0 bridgehead atoms. The highest BCUT2D eigenvalue weighted by Gasteiger charge is 2.15. The molecule has 0 unspecified atom stereocenters. The Hall–Kier alpha value is -2.80. The number of thiophene rings is 1. The minimum absolute atomic E-state index is 0.0398. The zero-order chi connectivity index (χ0) is 20.0. The van der Waals surface area contributed by atoms with E-state index in [0.29, 0.717) is 16.8 Å². The quantitative estimate of drug-likeness (QED) is 0.551.